The number of nitrogens with two attached hydrogens (primary N) is 1. The summed E-state index contributed by atoms with van der Waals surface area (Å²) in [6.07, 6.45) is -4.43. The van der Waals surface area contributed by atoms with Gasteiger partial charge < -0.3 is 20.2 Å². The van der Waals surface area contributed by atoms with Gasteiger partial charge in [0, 0.05) is 35.2 Å². The number of ether oxygens (including phenoxy) is 1. The monoisotopic (exact) mass is 552 g/mol. The molecule has 0 radical (unpaired) electrons. The molecule has 0 spiro atoms. The van der Waals surface area contributed by atoms with Crippen molar-refractivity contribution < 1.29 is 40.3 Å². The lowest BCUT2D eigenvalue weighted by Crippen LogP contribution is -2.25. The summed E-state index contributed by atoms with van der Waals surface area (Å²) >= 11 is 0. The van der Waals surface area contributed by atoms with E-state index in [2.05, 4.69) is 15.3 Å². The quantitative estimate of drug-likeness (QED) is 0.264. The molecule has 4 rings (SSSR count). The number of rotatable bonds is 8. The van der Waals surface area contributed by atoms with Crippen LogP contribution in [0, 0.1) is 17.5 Å². The molecule has 0 aliphatic heterocycles. The molecule has 0 bridgehead atoms. The van der Waals surface area contributed by atoms with Gasteiger partial charge in [-0.05, 0) is 37.6 Å². The van der Waals surface area contributed by atoms with E-state index in [1.807, 2.05) is 6.92 Å². The van der Waals surface area contributed by atoms with Crippen LogP contribution in [0.1, 0.15) is 47.8 Å². The van der Waals surface area contributed by atoms with Crippen LogP contribution in [0.25, 0.3) is 22.4 Å². The Labute approximate surface area is 218 Å². The molecule has 3 N–H and O–H groups in total. The summed E-state index contributed by atoms with van der Waals surface area (Å²) in [5, 5.41) is 2.48. The van der Waals surface area contributed by atoms with Gasteiger partial charge in [0.15, 0.2) is 11.5 Å². The first-order valence-electron chi connectivity index (χ1n) is 11.7. The Morgan fingerprint density at radius 3 is 2.41 bits per heavy atom. The van der Waals surface area contributed by atoms with Gasteiger partial charge in [0.25, 0.3) is 5.91 Å². The van der Waals surface area contributed by atoms with Gasteiger partial charge in [-0.1, -0.05) is 6.92 Å². The van der Waals surface area contributed by atoms with Gasteiger partial charge in [0.2, 0.25) is 5.89 Å². The Balaban J connectivity index is 1.73. The van der Waals surface area contributed by atoms with Crippen LogP contribution in [0.3, 0.4) is 0 Å². The van der Waals surface area contributed by atoms with Crippen LogP contribution >= 0.6 is 0 Å². The molecule has 1 amide bonds. The van der Waals surface area contributed by atoms with Crippen LogP contribution in [-0.2, 0) is 19.3 Å². The topological polar surface area (TPSA) is 103 Å². The summed E-state index contributed by atoms with van der Waals surface area (Å²) < 4.78 is 92.7. The van der Waals surface area contributed by atoms with Crippen molar-refractivity contribution in [3.63, 3.8) is 0 Å². The highest BCUT2D eigenvalue weighted by Crippen LogP contribution is 2.37. The molecule has 0 saturated heterocycles. The molecule has 2 aromatic carbocycles. The molecular formula is C26H22F6N4O3. The number of fused-ring (bicyclic) bond motifs is 1. The van der Waals surface area contributed by atoms with E-state index in [0.29, 0.717) is 18.6 Å². The molecule has 206 valence electrons. The first kappa shape index (κ1) is 27.9. The molecule has 39 heavy (non-hydrogen) atoms. The number of halogens is 6. The van der Waals surface area contributed by atoms with E-state index in [1.165, 1.54) is 18.2 Å². The van der Waals surface area contributed by atoms with E-state index in [9.17, 15) is 31.1 Å². The molecule has 0 aliphatic rings. The van der Waals surface area contributed by atoms with Gasteiger partial charge in [-0.3, -0.25) is 4.79 Å². The van der Waals surface area contributed by atoms with Gasteiger partial charge in [-0.25, -0.2) is 23.1 Å². The minimum absolute atomic E-state index is 0.0875. The molecule has 0 aliphatic carbocycles. The van der Waals surface area contributed by atoms with E-state index in [0.717, 1.165) is 6.07 Å². The second-order valence-corrected chi connectivity index (χ2v) is 8.56. The van der Waals surface area contributed by atoms with Gasteiger partial charge in [0.1, 0.15) is 34.4 Å². The molecule has 2 aromatic heterocycles. The molecule has 2 heterocycles. The summed E-state index contributed by atoms with van der Waals surface area (Å²) in [6.45, 7) is 2.68. The Bertz CT molecular complexity index is 1510. The molecular weight excluding hydrogens is 530 g/mol. The van der Waals surface area contributed by atoms with E-state index in [4.69, 9.17) is 14.9 Å². The summed E-state index contributed by atoms with van der Waals surface area (Å²) in [5.74, 6) is -4.52. The van der Waals surface area contributed by atoms with Gasteiger partial charge in [0.05, 0.1) is 12.6 Å². The zero-order valence-electron chi connectivity index (χ0n) is 20.6. The summed E-state index contributed by atoms with van der Waals surface area (Å²) in [6, 6.07) is 5.85. The van der Waals surface area contributed by atoms with Crippen molar-refractivity contribution in [3.8, 4) is 17.2 Å². The fourth-order valence-electron chi connectivity index (χ4n) is 3.71. The number of carbonyl (C=O) groups is 1. The number of hydrogen-bond donors (Lipinski definition) is 2. The number of amides is 1. The number of carbonyl (C=O) groups excluding carboxylic acids is 1. The average molecular weight is 552 g/mol. The highest BCUT2D eigenvalue weighted by molar-refractivity contribution is 5.98. The second kappa shape index (κ2) is 10.9. The molecule has 0 saturated carbocycles. The van der Waals surface area contributed by atoms with Crippen molar-refractivity contribution in [1.29, 1.82) is 0 Å². The fourth-order valence-corrected chi connectivity index (χ4v) is 3.71. The van der Waals surface area contributed by atoms with Crippen LogP contribution in [0.5, 0.6) is 5.75 Å². The smallest absolute Gasteiger partial charge is 0.433 e. The van der Waals surface area contributed by atoms with Gasteiger partial charge in [-0.2, -0.15) is 13.2 Å². The van der Waals surface area contributed by atoms with Crippen LogP contribution in [-0.4, -0.2) is 22.0 Å². The average Bonchev–Trinajstić information content (AvgIpc) is 3.31. The maximum atomic E-state index is 13.9. The van der Waals surface area contributed by atoms with E-state index in [-0.39, 0.29) is 52.2 Å². The number of benzene rings is 2. The first-order valence-corrected chi connectivity index (χ1v) is 11.7. The summed E-state index contributed by atoms with van der Waals surface area (Å²) in [5.41, 5.74) is 3.80. The predicted octanol–water partition coefficient (Wildman–Crippen LogP) is 5.89. The van der Waals surface area contributed by atoms with Crippen molar-refractivity contribution in [3.05, 3.63) is 76.6 Å². The Morgan fingerprint density at radius 1 is 1.10 bits per heavy atom. The lowest BCUT2D eigenvalue weighted by atomic mass is 10.1. The normalized spacial score (nSPS) is 12.5. The highest BCUT2D eigenvalue weighted by atomic mass is 19.4. The zero-order chi connectivity index (χ0) is 28.5. The molecule has 13 heteroatoms. The van der Waals surface area contributed by atoms with Gasteiger partial charge >= 0.3 is 6.18 Å². The Kier molecular flexibility index (Phi) is 7.82. The Hall–Kier alpha value is -4.13. The predicted molar refractivity (Wildman–Crippen MR) is 128 cm³/mol. The number of oxazole rings is 1. The van der Waals surface area contributed by atoms with Gasteiger partial charge in [-0.15, -0.1) is 0 Å². The number of aromatic nitrogens is 2. The van der Waals surface area contributed by atoms with E-state index < -0.39 is 47.3 Å². The highest BCUT2D eigenvalue weighted by Gasteiger charge is 2.33. The summed E-state index contributed by atoms with van der Waals surface area (Å²) in [4.78, 5) is 20.7. The lowest BCUT2D eigenvalue weighted by molar-refractivity contribution is -0.140. The summed E-state index contributed by atoms with van der Waals surface area (Å²) in [7, 11) is 0. The third-order valence-corrected chi connectivity index (χ3v) is 5.87. The first-order chi connectivity index (χ1) is 18.4. The maximum absolute atomic E-state index is 13.9. The number of pyridine rings is 1. The maximum Gasteiger partial charge on any atom is 0.433 e. The van der Waals surface area contributed by atoms with Crippen molar-refractivity contribution in [2.75, 3.05) is 0 Å². The molecule has 1 unspecified atom stereocenters. The van der Waals surface area contributed by atoms with Crippen LogP contribution < -0.4 is 15.8 Å². The number of nitrogens with zero attached hydrogens (tertiary/aromatic N) is 2. The third-order valence-electron chi connectivity index (χ3n) is 5.87. The molecule has 0 fully saturated rings. The van der Waals surface area contributed by atoms with Crippen LogP contribution in [0.4, 0.5) is 26.3 Å². The molecule has 4 aromatic rings. The number of hydrogen-bond acceptors (Lipinski definition) is 6. The van der Waals surface area contributed by atoms with Crippen LogP contribution in [0.2, 0.25) is 0 Å². The fraction of sp³-hybridized carbons (Fsp3) is 0.269. The van der Waals surface area contributed by atoms with E-state index in [1.54, 1.807) is 6.92 Å². The SMILES string of the molecule is CCC(C)Oc1ccc(-c2nc(C(=O)NCc3c(F)cc(F)cc3F)c(CN)o2)c2ccc(C(F)(F)F)nc12. The van der Waals surface area contributed by atoms with Crippen LogP contribution in [0.15, 0.2) is 40.8 Å². The minimum atomic E-state index is -4.71. The molecule has 1 atom stereocenters. The minimum Gasteiger partial charge on any atom is -0.488 e. The second-order valence-electron chi connectivity index (χ2n) is 8.56. The van der Waals surface area contributed by atoms with Crippen molar-refractivity contribution >= 4 is 16.8 Å². The van der Waals surface area contributed by atoms with Crippen molar-refractivity contribution in [1.82, 2.24) is 15.3 Å². The lowest BCUT2D eigenvalue weighted by Gasteiger charge is -2.16. The largest absolute Gasteiger partial charge is 0.488 e. The number of alkyl halides is 3. The van der Waals surface area contributed by atoms with Crippen molar-refractivity contribution in [2.45, 2.75) is 45.6 Å². The number of nitrogens with one attached hydrogen (secondary N) is 1. The van der Waals surface area contributed by atoms with Crippen molar-refractivity contribution in [2.24, 2.45) is 5.73 Å². The standard InChI is InChI=1S/C26H22F6N4O3/c1-3-12(2)38-19-6-4-15(14-5-7-21(26(30,31)32)35-22(14)19)25-36-23(20(10-33)39-25)24(37)34-11-16-17(28)8-13(27)9-18(16)29/h4-9,12H,3,10-11,33H2,1-2H3,(H,34,37). The Morgan fingerprint density at radius 2 is 1.79 bits per heavy atom. The third kappa shape index (κ3) is 5.82. The van der Waals surface area contributed by atoms with E-state index >= 15 is 0 Å². The zero-order valence-corrected chi connectivity index (χ0v) is 20.6. The molecule has 7 nitrogen and oxygen atoms in total.